The molecule has 1 aromatic carbocycles. The maximum atomic E-state index is 12.2. The summed E-state index contributed by atoms with van der Waals surface area (Å²) in [7, 11) is 0. The van der Waals surface area contributed by atoms with E-state index in [9.17, 15) is 24.0 Å². The molecule has 0 aliphatic carbocycles. The average molecular weight is 665 g/mol. The molecule has 2 heterocycles. The standard InChI is InChI=1S/C31H37ClN2O12/c1-15(2)26-22(13-21-11-10-20(12-23(21)32)8-7-9-25(39)40)30(34-33-26)46-31-29(44-19(6)38)28(43-18(5)37)27(42-17(4)36)24(45-31)14-41-16(3)35/h7-8,10-12,15,24,27-29,31H,9,13-14H2,1-6H3,(H,33,34)(H,39,40)/b8-7+/t24-,27-,28+,29-,31+/m1/s1. The Balaban J connectivity index is 2.02. The largest absolute Gasteiger partial charge is 0.481 e. The fraction of sp³-hybridized carbons (Fsp3) is 0.484. The molecular formula is C31H37ClN2O12. The van der Waals surface area contributed by atoms with Gasteiger partial charge in [-0.3, -0.25) is 29.1 Å². The maximum Gasteiger partial charge on any atom is 0.307 e. The summed E-state index contributed by atoms with van der Waals surface area (Å²) in [6, 6.07) is 5.27. The van der Waals surface area contributed by atoms with Crippen molar-refractivity contribution in [1.29, 1.82) is 0 Å². The lowest BCUT2D eigenvalue weighted by Gasteiger charge is -2.43. The third-order valence-electron chi connectivity index (χ3n) is 6.66. The minimum Gasteiger partial charge on any atom is -0.481 e. The highest BCUT2D eigenvalue weighted by Crippen LogP contribution is 2.35. The minimum atomic E-state index is -1.47. The fourth-order valence-electron chi connectivity index (χ4n) is 4.80. The summed E-state index contributed by atoms with van der Waals surface area (Å²) >= 11 is 6.61. The number of esters is 4. The van der Waals surface area contributed by atoms with Crippen LogP contribution in [0.5, 0.6) is 5.88 Å². The zero-order chi connectivity index (χ0) is 34.1. The van der Waals surface area contributed by atoms with E-state index in [0.717, 1.165) is 20.8 Å². The predicted molar refractivity (Wildman–Crippen MR) is 161 cm³/mol. The predicted octanol–water partition coefficient (Wildman–Crippen LogP) is 3.73. The first-order valence-electron chi connectivity index (χ1n) is 14.4. The summed E-state index contributed by atoms with van der Waals surface area (Å²) in [6.07, 6.45) is -3.58. The Labute approximate surface area is 270 Å². The molecule has 0 radical (unpaired) electrons. The summed E-state index contributed by atoms with van der Waals surface area (Å²) in [5.41, 5.74) is 2.72. The molecule has 1 fully saturated rings. The Kier molecular flexibility index (Phi) is 12.7. The number of carbonyl (C=O) groups is 5. The number of aromatic nitrogens is 2. The van der Waals surface area contributed by atoms with E-state index in [1.807, 2.05) is 13.8 Å². The molecule has 0 saturated carbocycles. The topological polar surface area (TPSA) is 190 Å². The maximum absolute atomic E-state index is 12.2. The van der Waals surface area contributed by atoms with Crippen molar-refractivity contribution < 1.29 is 57.5 Å². The second-order valence-corrected chi connectivity index (χ2v) is 11.2. The molecule has 0 spiro atoms. The molecule has 15 heteroatoms. The van der Waals surface area contributed by atoms with E-state index in [4.69, 9.17) is 45.1 Å². The Morgan fingerprint density at radius 3 is 2.17 bits per heavy atom. The second kappa shape index (κ2) is 16.2. The van der Waals surface area contributed by atoms with Gasteiger partial charge in [-0.2, -0.15) is 0 Å². The van der Waals surface area contributed by atoms with Gasteiger partial charge in [0, 0.05) is 50.4 Å². The van der Waals surface area contributed by atoms with Gasteiger partial charge in [-0.05, 0) is 23.1 Å². The summed E-state index contributed by atoms with van der Waals surface area (Å²) < 4.78 is 33.8. The molecule has 2 aromatic rings. The molecule has 2 N–H and O–H groups in total. The Morgan fingerprint density at radius 2 is 1.61 bits per heavy atom. The summed E-state index contributed by atoms with van der Waals surface area (Å²) in [4.78, 5) is 58.9. The number of halogens is 1. The highest BCUT2D eigenvalue weighted by atomic mass is 35.5. The van der Waals surface area contributed by atoms with Crippen LogP contribution in [0.15, 0.2) is 24.3 Å². The molecule has 5 atom stereocenters. The number of rotatable bonds is 13. The van der Waals surface area contributed by atoms with Crippen molar-refractivity contribution in [3.05, 3.63) is 51.7 Å². The van der Waals surface area contributed by atoms with Gasteiger partial charge in [0.05, 0.1) is 6.42 Å². The van der Waals surface area contributed by atoms with Gasteiger partial charge in [0.1, 0.15) is 12.7 Å². The quantitative estimate of drug-likeness (QED) is 0.233. The Morgan fingerprint density at radius 1 is 0.978 bits per heavy atom. The number of aliphatic carboxylic acids is 1. The number of carboxylic acid groups (broad SMARTS) is 1. The van der Waals surface area contributed by atoms with Crippen molar-refractivity contribution in [3.8, 4) is 5.88 Å². The van der Waals surface area contributed by atoms with Crippen molar-refractivity contribution in [3.63, 3.8) is 0 Å². The number of nitrogens with one attached hydrogen (secondary N) is 1. The third kappa shape index (κ3) is 10.0. The molecule has 1 aromatic heterocycles. The van der Waals surface area contributed by atoms with E-state index in [-0.39, 0.29) is 24.6 Å². The number of hydrogen-bond donors (Lipinski definition) is 2. The van der Waals surface area contributed by atoms with Crippen LogP contribution >= 0.6 is 11.6 Å². The van der Waals surface area contributed by atoms with Gasteiger partial charge in [0.25, 0.3) is 0 Å². The van der Waals surface area contributed by atoms with Gasteiger partial charge < -0.3 is 33.5 Å². The number of aromatic amines is 1. The van der Waals surface area contributed by atoms with Crippen LogP contribution in [0, 0.1) is 0 Å². The lowest BCUT2D eigenvalue weighted by atomic mass is 9.97. The monoisotopic (exact) mass is 664 g/mol. The number of hydrogen-bond acceptors (Lipinski definition) is 12. The highest BCUT2D eigenvalue weighted by molar-refractivity contribution is 6.31. The molecule has 46 heavy (non-hydrogen) atoms. The van der Waals surface area contributed by atoms with Crippen molar-refractivity contribution in [2.75, 3.05) is 6.61 Å². The number of H-pyrrole nitrogens is 1. The zero-order valence-corrected chi connectivity index (χ0v) is 27.0. The molecule has 1 aliphatic heterocycles. The fourth-order valence-corrected chi connectivity index (χ4v) is 5.05. The van der Waals surface area contributed by atoms with E-state index < -0.39 is 67.2 Å². The van der Waals surface area contributed by atoms with Crippen LogP contribution in [0.4, 0.5) is 0 Å². The molecular weight excluding hydrogens is 628 g/mol. The van der Waals surface area contributed by atoms with E-state index in [2.05, 4.69) is 10.2 Å². The van der Waals surface area contributed by atoms with Crippen LogP contribution in [-0.2, 0) is 54.1 Å². The summed E-state index contributed by atoms with van der Waals surface area (Å²) in [5, 5.41) is 16.6. The normalized spacial score (nSPS) is 21.1. The molecule has 1 aliphatic rings. The van der Waals surface area contributed by atoms with Crippen molar-refractivity contribution in [2.24, 2.45) is 0 Å². The number of nitrogens with zero attached hydrogens (tertiary/aromatic N) is 1. The summed E-state index contributed by atoms with van der Waals surface area (Å²) in [5.74, 6) is -3.89. The van der Waals surface area contributed by atoms with E-state index in [1.54, 1.807) is 24.3 Å². The molecule has 3 rings (SSSR count). The number of ether oxygens (including phenoxy) is 6. The van der Waals surface area contributed by atoms with Crippen molar-refractivity contribution in [2.45, 2.75) is 91.0 Å². The third-order valence-corrected chi connectivity index (χ3v) is 7.01. The van der Waals surface area contributed by atoms with Gasteiger partial charge in [-0.15, -0.1) is 5.10 Å². The number of benzene rings is 1. The van der Waals surface area contributed by atoms with E-state index in [1.165, 1.54) is 13.0 Å². The van der Waals surface area contributed by atoms with Crippen LogP contribution in [-0.4, -0.2) is 82.5 Å². The molecule has 250 valence electrons. The van der Waals surface area contributed by atoms with Crippen LogP contribution in [0.2, 0.25) is 5.02 Å². The molecule has 0 bridgehead atoms. The lowest BCUT2D eigenvalue weighted by Crippen LogP contribution is -2.63. The smallest absolute Gasteiger partial charge is 0.307 e. The van der Waals surface area contributed by atoms with Crippen LogP contribution in [0.25, 0.3) is 6.08 Å². The molecule has 1 saturated heterocycles. The molecule has 14 nitrogen and oxygen atoms in total. The SMILES string of the molecule is CC(=O)OC[C@H]1O[C@@H](Oc2n[nH]c(C(C)C)c2Cc2ccc(/C=C/CC(=O)O)cc2Cl)[C@H](OC(C)=O)[C@@H](OC(C)=O)[C@@H]1OC(C)=O. The van der Waals surface area contributed by atoms with Gasteiger partial charge in [-0.1, -0.05) is 49.7 Å². The summed E-state index contributed by atoms with van der Waals surface area (Å²) in [6.45, 7) is 8.03. The first-order valence-corrected chi connectivity index (χ1v) is 14.7. The molecule has 0 unspecified atom stereocenters. The number of carbonyl (C=O) groups excluding carboxylic acids is 4. The Bertz CT molecular complexity index is 1470. The van der Waals surface area contributed by atoms with Gasteiger partial charge in [-0.25, -0.2) is 0 Å². The van der Waals surface area contributed by atoms with E-state index >= 15 is 0 Å². The first-order chi connectivity index (χ1) is 21.7. The van der Waals surface area contributed by atoms with Gasteiger partial charge in [0.15, 0.2) is 12.2 Å². The van der Waals surface area contributed by atoms with Crippen LogP contribution in [0.1, 0.15) is 76.3 Å². The highest BCUT2D eigenvalue weighted by Gasteiger charge is 2.53. The van der Waals surface area contributed by atoms with Gasteiger partial charge >= 0.3 is 29.8 Å². The number of carboxylic acids is 1. The van der Waals surface area contributed by atoms with Crippen molar-refractivity contribution in [1.82, 2.24) is 10.2 Å². The average Bonchev–Trinajstić information content (AvgIpc) is 3.33. The first kappa shape index (κ1) is 36.0. The lowest BCUT2D eigenvalue weighted by molar-refractivity contribution is -0.289. The van der Waals surface area contributed by atoms with Crippen molar-refractivity contribution >= 4 is 47.5 Å². The minimum absolute atomic E-state index is 0.0488. The Hall–Kier alpha value is -4.43. The zero-order valence-electron chi connectivity index (χ0n) is 26.2. The van der Waals surface area contributed by atoms with Gasteiger partial charge in [0.2, 0.25) is 18.3 Å². The van der Waals surface area contributed by atoms with Crippen LogP contribution in [0.3, 0.4) is 0 Å². The molecule has 0 amide bonds. The second-order valence-electron chi connectivity index (χ2n) is 10.8. The van der Waals surface area contributed by atoms with E-state index in [0.29, 0.717) is 27.4 Å². The van der Waals surface area contributed by atoms with Crippen LogP contribution < -0.4 is 4.74 Å².